The lowest BCUT2D eigenvalue weighted by atomic mass is 10.2. The van der Waals surface area contributed by atoms with Gasteiger partial charge in [0.1, 0.15) is 12.4 Å². The first-order valence-electron chi connectivity index (χ1n) is 4.83. The van der Waals surface area contributed by atoms with Gasteiger partial charge in [0.05, 0.1) is 6.61 Å². The molecule has 0 amide bonds. The predicted molar refractivity (Wildman–Crippen MR) is 65.6 cm³/mol. The van der Waals surface area contributed by atoms with Crippen LogP contribution in [-0.4, -0.2) is 11.5 Å². The molecule has 0 heterocycles. The van der Waals surface area contributed by atoms with Crippen molar-refractivity contribution in [1.29, 1.82) is 0 Å². The zero-order valence-electron chi connectivity index (χ0n) is 9.20. The summed E-state index contributed by atoms with van der Waals surface area (Å²) in [6.07, 6.45) is 5.04. The van der Waals surface area contributed by atoms with E-state index < -0.39 is 7.60 Å². The summed E-state index contributed by atoms with van der Waals surface area (Å²) in [4.78, 5) is 9.19. The molecule has 1 atom stereocenters. The van der Waals surface area contributed by atoms with Crippen LogP contribution in [0.2, 0.25) is 0 Å². The molecule has 4 nitrogen and oxygen atoms in total. The van der Waals surface area contributed by atoms with Crippen LogP contribution in [0.4, 0.5) is 0 Å². The van der Waals surface area contributed by atoms with Crippen LogP contribution in [0.5, 0.6) is 5.75 Å². The van der Waals surface area contributed by atoms with E-state index in [4.69, 9.17) is 15.7 Å². The number of benzene rings is 1. The number of hydrogen-bond acceptors (Lipinski definition) is 3. The summed E-state index contributed by atoms with van der Waals surface area (Å²) in [6.45, 7) is 3.86. The van der Waals surface area contributed by atoms with E-state index in [9.17, 15) is 9.46 Å². The Labute approximate surface area is 100 Å². The number of ether oxygens (including phenoxy) is 1. The van der Waals surface area contributed by atoms with Crippen molar-refractivity contribution in [1.82, 2.24) is 0 Å². The maximum atomic E-state index is 11.2. The molecule has 0 aliphatic carbocycles. The van der Waals surface area contributed by atoms with E-state index in [1.165, 1.54) is 0 Å². The second kappa shape index (κ2) is 6.27. The molecule has 0 aromatic heterocycles. The molecule has 5 heteroatoms. The Balaban J connectivity index is 2.59. The largest absolute Gasteiger partial charge is 0.422 e. The summed E-state index contributed by atoms with van der Waals surface area (Å²) in [5, 5.41) is 0. The highest BCUT2D eigenvalue weighted by atomic mass is 31.2. The highest BCUT2D eigenvalue weighted by Gasteiger charge is 2.14. The van der Waals surface area contributed by atoms with Crippen LogP contribution in [0.3, 0.4) is 0 Å². The van der Waals surface area contributed by atoms with Crippen molar-refractivity contribution < 1.29 is 18.7 Å². The lowest BCUT2D eigenvalue weighted by Gasteiger charge is -2.09. The van der Waals surface area contributed by atoms with E-state index in [2.05, 4.69) is 12.5 Å². The number of hydrogen-bond donors (Lipinski definition) is 1. The fraction of sp³-hybridized carbons (Fsp3) is 0.167. The molecule has 0 radical (unpaired) electrons. The van der Waals surface area contributed by atoms with E-state index in [-0.39, 0.29) is 6.61 Å². The van der Waals surface area contributed by atoms with Crippen LogP contribution >= 0.6 is 7.60 Å². The molecule has 90 valence electrons. The summed E-state index contributed by atoms with van der Waals surface area (Å²) in [6, 6.07) is 6.63. The maximum absolute atomic E-state index is 11.2. The molecule has 1 unspecified atom stereocenters. The molecule has 1 N–H and O–H groups in total. The fourth-order valence-electron chi connectivity index (χ4n) is 1.06. The molecule has 0 bridgehead atoms. The molecule has 1 rings (SSSR count). The van der Waals surface area contributed by atoms with Gasteiger partial charge in [0.25, 0.3) is 0 Å². The highest BCUT2D eigenvalue weighted by Crippen LogP contribution is 2.43. The summed E-state index contributed by atoms with van der Waals surface area (Å²) < 4.78 is 21.2. The Morgan fingerprint density at radius 2 is 2.12 bits per heavy atom. The maximum Gasteiger partial charge on any atom is 0.400 e. The van der Waals surface area contributed by atoms with Crippen molar-refractivity contribution in [2.45, 2.75) is 6.61 Å². The highest BCUT2D eigenvalue weighted by molar-refractivity contribution is 7.56. The van der Waals surface area contributed by atoms with Gasteiger partial charge in [0, 0.05) is 5.82 Å². The molecule has 17 heavy (non-hydrogen) atoms. The summed E-state index contributed by atoms with van der Waals surface area (Å²) in [5.41, 5.74) is 0.902. The normalized spacial score (nSPS) is 13.4. The molecule has 0 spiro atoms. The first-order valence-corrected chi connectivity index (χ1v) is 6.48. The lowest BCUT2D eigenvalue weighted by molar-refractivity contribution is 0.153. The molecular formula is C12H13O4P. The Kier molecular flexibility index (Phi) is 4.99. The first kappa shape index (κ1) is 13.5. The van der Waals surface area contributed by atoms with Gasteiger partial charge < -0.3 is 14.2 Å². The minimum atomic E-state index is -3.73. The van der Waals surface area contributed by atoms with E-state index in [1.54, 1.807) is 24.3 Å². The Hall–Kier alpha value is -1.53. The lowest BCUT2D eigenvalue weighted by Crippen LogP contribution is -1.93. The predicted octanol–water partition coefficient (Wildman–Crippen LogP) is 2.54. The van der Waals surface area contributed by atoms with E-state index >= 15 is 0 Å². The van der Waals surface area contributed by atoms with Gasteiger partial charge in [-0.05, 0) is 17.7 Å². The first-order chi connectivity index (χ1) is 8.07. The smallest absolute Gasteiger partial charge is 0.400 e. The minimum absolute atomic E-state index is 0.251. The third kappa shape index (κ3) is 4.88. The third-order valence-corrected chi connectivity index (χ3v) is 2.78. The standard InChI is InChI=1S/C12H13O4P/c1-3-9-15-10-11-5-7-12(8-6-11)16-17(13,14)4-2/h1,4-8H,2,9-10H2,(H,13,14). The van der Waals surface area contributed by atoms with Gasteiger partial charge in [-0.15, -0.1) is 6.42 Å². The van der Waals surface area contributed by atoms with Crippen molar-refractivity contribution in [3.63, 3.8) is 0 Å². The topological polar surface area (TPSA) is 55.8 Å². The number of terminal acetylenes is 1. The van der Waals surface area contributed by atoms with Crippen molar-refractivity contribution in [2.24, 2.45) is 0 Å². The molecule has 1 aromatic carbocycles. The van der Waals surface area contributed by atoms with Crippen LogP contribution in [0.1, 0.15) is 5.56 Å². The van der Waals surface area contributed by atoms with Gasteiger partial charge in [-0.3, -0.25) is 0 Å². The van der Waals surface area contributed by atoms with E-state index in [0.717, 1.165) is 11.4 Å². The van der Waals surface area contributed by atoms with Crippen molar-refractivity contribution in [2.75, 3.05) is 6.61 Å². The Bertz CT molecular complexity index is 458. The van der Waals surface area contributed by atoms with Gasteiger partial charge >= 0.3 is 7.60 Å². The molecular weight excluding hydrogens is 239 g/mol. The SMILES string of the molecule is C#CCOCc1ccc(OP(=O)(O)C=C)cc1. The second-order valence-corrected chi connectivity index (χ2v) is 4.85. The van der Waals surface area contributed by atoms with Crippen molar-refractivity contribution in [3.8, 4) is 18.1 Å². The number of rotatable bonds is 6. The molecule has 0 fully saturated rings. The van der Waals surface area contributed by atoms with Crippen LogP contribution in [-0.2, 0) is 15.9 Å². The van der Waals surface area contributed by atoms with Crippen molar-refractivity contribution in [3.05, 3.63) is 42.2 Å². The van der Waals surface area contributed by atoms with E-state index in [0.29, 0.717) is 12.4 Å². The fourth-order valence-corrected chi connectivity index (χ4v) is 1.56. The van der Waals surface area contributed by atoms with Crippen molar-refractivity contribution >= 4 is 7.60 Å². The molecule has 0 saturated heterocycles. The average Bonchev–Trinajstić information content (AvgIpc) is 2.31. The summed E-state index contributed by atoms with van der Waals surface area (Å²) in [7, 11) is -3.73. The van der Waals surface area contributed by atoms with Gasteiger partial charge in [0.15, 0.2) is 0 Å². The second-order valence-electron chi connectivity index (χ2n) is 3.18. The van der Waals surface area contributed by atoms with Gasteiger partial charge in [-0.25, -0.2) is 4.57 Å². The monoisotopic (exact) mass is 252 g/mol. The van der Waals surface area contributed by atoms with Crippen LogP contribution in [0.15, 0.2) is 36.7 Å². The quantitative estimate of drug-likeness (QED) is 0.480. The Morgan fingerprint density at radius 1 is 1.47 bits per heavy atom. The molecule has 1 aromatic rings. The summed E-state index contributed by atoms with van der Waals surface area (Å²) in [5.74, 6) is 3.55. The average molecular weight is 252 g/mol. The zero-order valence-corrected chi connectivity index (χ0v) is 10.1. The van der Waals surface area contributed by atoms with Crippen LogP contribution in [0, 0.1) is 12.3 Å². The van der Waals surface area contributed by atoms with Crippen LogP contribution in [0.25, 0.3) is 0 Å². The molecule has 0 aliphatic heterocycles. The van der Waals surface area contributed by atoms with Gasteiger partial charge in [0.2, 0.25) is 0 Å². The van der Waals surface area contributed by atoms with Gasteiger partial charge in [-0.2, -0.15) is 0 Å². The van der Waals surface area contributed by atoms with Crippen LogP contribution < -0.4 is 4.52 Å². The van der Waals surface area contributed by atoms with Gasteiger partial charge in [-0.1, -0.05) is 24.6 Å². The zero-order chi connectivity index (χ0) is 12.7. The summed E-state index contributed by atoms with van der Waals surface area (Å²) >= 11 is 0. The minimum Gasteiger partial charge on any atom is -0.422 e. The molecule has 0 aliphatic rings. The third-order valence-electron chi connectivity index (χ3n) is 1.84. The van der Waals surface area contributed by atoms with E-state index in [1.807, 2.05) is 0 Å². The molecule has 0 saturated carbocycles. The Morgan fingerprint density at radius 3 is 2.65 bits per heavy atom.